The van der Waals surface area contributed by atoms with Gasteiger partial charge in [-0.3, -0.25) is 0 Å². The SMILES string of the molecule is CC.COc1cc(F)c(-c2nc(CO)c(N3CCCC(NCc4ccccc4)(C(O)C(F)F)C3)o2)cc1F. The number of nitrogens with one attached hydrogen (secondary N) is 1. The summed E-state index contributed by atoms with van der Waals surface area (Å²) in [7, 11) is 1.20. The lowest BCUT2D eigenvalue weighted by Gasteiger charge is -2.46. The van der Waals surface area contributed by atoms with Crippen LogP contribution in [0.3, 0.4) is 0 Å². The predicted octanol–water partition coefficient (Wildman–Crippen LogP) is 4.90. The Morgan fingerprint density at radius 3 is 2.50 bits per heavy atom. The van der Waals surface area contributed by atoms with Gasteiger partial charge in [-0.15, -0.1) is 0 Å². The van der Waals surface area contributed by atoms with Crippen molar-refractivity contribution in [2.75, 3.05) is 25.1 Å². The summed E-state index contributed by atoms with van der Waals surface area (Å²) >= 11 is 0. The van der Waals surface area contributed by atoms with E-state index in [1.54, 1.807) is 4.90 Å². The molecule has 7 nitrogen and oxygen atoms in total. The smallest absolute Gasteiger partial charge is 0.265 e. The average Bonchev–Trinajstić information content (AvgIpc) is 3.38. The van der Waals surface area contributed by atoms with Crippen LogP contribution < -0.4 is 15.0 Å². The van der Waals surface area contributed by atoms with Crippen LogP contribution in [0.2, 0.25) is 0 Å². The van der Waals surface area contributed by atoms with Crippen molar-refractivity contribution in [3.8, 4) is 17.2 Å². The third-order valence-electron chi connectivity index (χ3n) is 6.40. The molecule has 0 aliphatic carbocycles. The van der Waals surface area contributed by atoms with Crippen molar-refractivity contribution in [3.63, 3.8) is 0 Å². The zero-order valence-corrected chi connectivity index (χ0v) is 21.6. The van der Waals surface area contributed by atoms with Gasteiger partial charge >= 0.3 is 0 Å². The fraction of sp³-hybridized carbons (Fsp3) is 0.444. The van der Waals surface area contributed by atoms with Gasteiger partial charge in [-0.2, -0.15) is 0 Å². The zero-order chi connectivity index (χ0) is 27.9. The molecule has 2 aromatic carbocycles. The Hall–Kier alpha value is -3.15. The van der Waals surface area contributed by atoms with Crippen LogP contribution in [0.25, 0.3) is 11.5 Å². The fourth-order valence-corrected chi connectivity index (χ4v) is 4.52. The fourth-order valence-electron chi connectivity index (χ4n) is 4.52. The van der Waals surface area contributed by atoms with E-state index >= 15 is 0 Å². The van der Waals surface area contributed by atoms with E-state index in [-0.39, 0.29) is 48.3 Å². The van der Waals surface area contributed by atoms with Gasteiger partial charge in [-0.05, 0) is 24.5 Å². The maximum Gasteiger partial charge on any atom is 0.265 e. The Bertz CT molecular complexity index is 1180. The Labute approximate surface area is 219 Å². The number of piperidine rings is 1. The molecule has 38 heavy (non-hydrogen) atoms. The topological polar surface area (TPSA) is 91.0 Å². The Morgan fingerprint density at radius 2 is 1.87 bits per heavy atom. The highest BCUT2D eigenvalue weighted by Crippen LogP contribution is 2.37. The summed E-state index contributed by atoms with van der Waals surface area (Å²) in [6, 6.07) is 10.9. The molecule has 3 aromatic rings. The molecule has 11 heteroatoms. The van der Waals surface area contributed by atoms with Crippen molar-refractivity contribution in [2.45, 2.75) is 57.9 Å². The highest BCUT2D eigenvalue weighted by atomic mass is 19.3. The molecule has 1 fully saturated rings. The van der Waals surface area contributed by atoms with E-state index in [2.05, 4.69) is 10.3 Å². The van der Waals surface area contributed by atoms with E-state index in [4.69, 9.17) is 9.15 Å². The number of nitrogens with zero attached hydrogens (tertiary/aromatic N) is 2. The van der Waals surface area contributed by atoms with Crippen LogP contribution in [0.5, 0.6) is 5.75 Å². The van der Waals surface area contributed by atoms with E-state index in [1.807, 2.05) is 44.2 Å². The molecular formula is C27H33F4N3O4. The number of aliphatic hydroxyl groups excluding tert-OH is 2. The quantitative estimate of drug-likeness (QED) is 0.333. The van der Waals surface area contributed by atoms with Crippen LogP contribution in [0.4, 0.5) is 23.4 Å². The molecule has 208 valence electrons. The van der Waals surface area contributed by atoms with E-state index in [1.165, 1.54) is 7.11 Å². The summed E-state index contributed by atoms with van der Waals surface area (Å²) in [5.74, 6) is -2.22. The molecule has 1 aliphatic heterocycles. The average molecular weight is 540 g/mol. The van der Waals surface area contributed by atoms with Gasteiger partial charge in [-0.1, -0.05) is 44.2 Å². The van der Waals surface area contributed by atoms with Crippen molar-refractivity contribution in [1.29, 1.82) is 0 Å². The van der Waals surface area contributed by atoms with E-state index in [9.17, 15) is 27.8 Å². The highest BCUT2D eigenvalue weighted by Gasteiger charge is 2.46. The number of rotatable bonds is 9. The third kappa shape index (κ3) is 6.28. The van der Waals surface area contributed by atoms with Gasteiger partial charge < -0.3 is 29.6 Å². The number of halogens is 4. The molecular weight excluding hydrogens is 506 g/mol. The summed E-state index contributed by atoms with van der Waals surface area (Å²) in [6.07, 6.45) is -4.32. The van der Waals surface area contributed by atoms with E-state index < -0.39 is 36.3 Å². The van der Waals surface area contributed by atoms with Gasteiger partial charge in [0.1, 0.15) is 17.6 Å². The molecule has 1 aliphatic rings. The van der Waals surface area contributed by atoms with Crippen molar-refractivity contribution >= 4 is 5.88 Å². The molecule has 2 heterocycles. The Balaban J connectivity index is 0.00000195. The molecule has 1 aromatic heterocycles. The first-order valence-electron chi connectivity index (χ1n) is 12.4. The molecule has 3 N–H and O–H groups in total. The van der Waals surface area contributed by atoms with Crippen LogP contribution in [0.15, 0.2) is 46.9 Å². The molecule has 0 saturated carbocycles. The molecule has 0 spiro atoms. The number of aromatic nitrogens is 1. The second-order valence-electron chi connectivity index (χ2n) is 8.70. The molecule has 0 radical (unpaired) electrons. The number of benzene rings is 2. The van der Waals surface area contributed by atoms with Gasteiger partial charge in [0.25, 0.3) is 6.43 Å². The maximum atomic E-state index is 14.6. The lowest BCUT2D eigenvalue weighted by Crippen LogP contribution is -2.65. The first-order chi connectivity index (χ1) is 18.3. The molecule has 0 amide bonds. The second-order valence-corrected chi connectivity index (χ2v) is 8.70. The number of ether oxygens (including phenoxy) is 1. The van der Waals surface area contributed by atoms with Crippen LogP contribution in [0, 0.1) is 11.6 Å². The monoisotopic (exact) mass is 539 g/mol. The third-order valence-corrected chi connectivity index (χ3v) is 6.40. The van der Waals surface area contributed by atoms with Crippen molar-refractivity contribution < 1.29 is 36.9 Å². The van der Waals surface area contributed by atoms with Crippen molar-refractivity contribution in [1.82, 2.24) is 10.3 Å². The minimum absolute atomic E-state index is 0.0334. The number of hydrogen-bond acceptors (Lipinski definition) is 7. The minimum atomic E-state index is -3.01. The molecule has 2 atom stereocenters. The lowest BCUT2D eigenvalue weighted by molar-refractivity contribution is -0.0660. The number of methoxy groups -OCH3 is 1. The number of anilines is 1. The molecule has 4 rings (SSSR count). The zero-order valence-electron chi connectivity index (χ0n) is 21.6. The maximum absolute atomic E-state index is 14.6. The summed E-state index contributed by atoms with van der Waals surface area (Å²) < 4.78 is 66.9. The van der Waals surface area contributed by atoms with Crippen LogP contribution in [-0.2, 0) is 13.2 Å². The molecule has 2 unspecified atom stereocenters. The first kappa shape index (κ1) is 29.4. The summed E-state index contributed by atoms with van der Waals surface area (Å²) in [6.45, 7) is 3.92. The summed E-state index contributed by atoms with van der Waals surface area (Å²) in [5.41, 5.74) is -0.803. The number of oxazole rings is 1. The molecule has 1 saturated heterocycles. The number of alkyl halides is 2. The van der Waals surface area contributed by atoms with Crippen LogP contribution in [-0.4, -0.2) is 53.5 Å². The summed E-state index contributed by atoms with van der Waals surface area (Å²) in [5, 5.41) is 23.5. The Morgan fingerprint density at radius 1 is 1.16 bits per heavy atom. The van der Waals surface area contributed by atoms with Gasteiger partial charge in [0.2, 0.25) is 11.8 Å². The molecule has 0 bridgehead atoms. The predicted molar refractivity (Wildman–Crippen MR) is 135 cm³/mol. The van der Waals surface area contributed by atoms with E-state index in [0.29, 0.717) is 13.0 Å². The van der Waals surface area contributed by atoms with Gasteiger partial charge in [-0.25, -0.2) is 22.5 Å². The van der Waals surface area contributed by atoms with Gasteiger partial charge in [0.15, 0.2) is 11.6 Å². The lowest BCUT2D eigenvalue weighted by atomic mass is 9.83. The standard InChI is InChI=1S/C25H27F4N3O4.C2H6/c1-35-20-11-17(26)16(10-18(20)27)23-31-19(13-33)24(36-23)32-9-5-8-25(14-32,21(34)22(28)29)30-12-15-6-3-2-4-7-15;1-2/h2-4,6-7,10-11,21-22,30,33-34H,5,8-9,12-14H2,1H3;1-2H3. The van der Waals surface area contributed by atoms with Crippen LogP contribution >= 0.6 is 0 Å². The minimum Gasteiger partial charge on any atom is -0.494 e. The van der Waals surface area contributed by atoms with E-state index in [0.717, 1.165) is 17.7 Å². The largest absolute Gasteiger partial charge is 0.494 e. The van der Waals surface area contributed by atoms with Crippen molar-refractivity contribution in [3.05, 3.63) is 65.4 Å². The van der Waals surface area contributed by atoms with Gasteiger partial charge in [0.05, 0.1) is 24.8 Å². The second kappa shape index (κ2) is 13.1. The van der Waals surface area contributed by atoms with Crippen LogP contribution in [0.1, 0.15) is 37.9 Å². The Kier molecular flexibility index (Phi) is 10.1. The normalized spacial score (nSPS) is 18.2. The first-order valence-corrected chi connectivity index (χ1v) is 12.4. The van der Waals surface area contributed by atoms with Gasteiger partial charge in [0, 0.05) is 25.7 Å². The number of aliphatic hydroxyl groups is 2. The van der Waals surface area contributed by atoms with Crippen molar-refractivity contribution in [2.24, 2.45) is 0 Å². The highest BCUT2D eigenvalue weighted by molar-refractivity contribution is 5.59. The number of hydrogen-bond donors (Lipinski definition) is 3. The summed E-state index contributed by atoms with van der Waals surface area (Å²) in [4.78, 5) is 5.69.